The fourth-order valence-corrected chi connectivity index (χ4v) is 2.01. The lowest BCUT2D eigenvalue weighted by molar-refractivity contribution is -0.248. The molecule has 88 valence electrons. The minimum absolute atomic E-state index is 0.0270. The zero-order valence-corrected chi connectivity index (χ0v) is 9.37. The summed E-state index contributed by atoms with van der Waals surface area (Å²) in [7, 11) is 0. The Hall–Kier alpha value is -0.630. The van der Waals surface area contributed by atoms with Gasteiger partial charge in [0.15, 0.2) is 0 Å². The maximum absolute atomic E-state index is 12.6. The number of hydrogen-bond acceptors (Lipinski definition) is 1. The molecule has 0 aromatic carbocycles. The van der Waals surface area contributed by atoms with E-state index in [2.05, 4.69) is 0 Å². The van der Waals surface area contributed by atoms with Crippen molar-refractivity contribution in [2.24, 2.45) is 5.92 Å². The molecule has 0 aromatic rings. The topological polar surface area (TPSA) is 20.2 Å². The Labute approximate surface area is 101 Å². The lowest BCUT2D eigenvalue weighted by Crippen LogP contribution is -2.50. The Morgan fingerprint density at radius 1 is 1.44 bits per heavy atom. The summed E-state index contributed by atoms with van der Waals surface area (Å²) in [6.45, 7) is 0. The average Bonchev–Trinajstić information content (AvgIpc) is 2.13. The number of alkyl halides is 3. The van der Waals surface area contributed by atoms with Crippen LogP contribution in [0.2, 0.25) is 0 Å². The Kier molecular flexibility index (Phi) is 3.63. The van der Waals surface area contributed by atoms with E-state index in [4.69, 9.17) is 29.6 Å². The molecule has 1 aliphatic carbocycles. The summed E-state index contributed by atoms with van der Waals surface area (Å²) in [5.41, 5.74) is -3.25. The van der Waals surface area contributed by atoms with Crippen LogP contribution < -0.4 is 0 Å². The average molecular weight is 271 g/mol. The zero-order chi connectivity index (χ0) is 12.6. The van der Waals surface area contributed by atoms with Crippen molar-refractivity contribution in [1.29, 1.82) is 0 Å². The molecule has 1 rings (SSSR count). The highest BCUT2D eigenvalue weighted by Crippen LogP contribution is 2.42. The SMILES string of the molecule is C#C[C@@](O)(C1C=C(Cl)C=C(Cl)C1)C(F)(F)F. The van der Waals surface area contributed by atoms with Crippen LogP contribution in [0, 0.1) is 18.3 Å². The monoisotopic (exact) mass is 270 g/mol. The van der Waals surface area contributed by atoms with Gasteiger partial charge < -0.3 is 5.11 Å². The number of halogens is 5. The molecule has 0 heterocycles. The molecule has 2 atom stereocenters. The highest BCUT2D eigenvalue weighted by molar-refractivity contribution is 6.34. The van der Waals surface area contributed by atoms with E-state index in [9.17, 15) is 18.3 Å². The summed E-state index contributed by atoms with van der Waals surface area (Å²) in [5, 5.41) is 9.61. The van der Waals surface area contributed by atoms with Crippen LogP contribution in [0.25, 0.3) is 0 Å². The minimum atomic E-state index is -4.94. The molecule has 1 N–H and O–H groups in total. The number of rotatable bonds is 1. The molecule has 1 unspecified atom stereocenters. The molecular weight excluding hydrogens is 264 g/mol. The molecule has 0 radical (unpaired) electrons. The normalized spacial score (nSPS) is 25.2. The van der Waals surface area contributed by atoms with Gasteiger partial charge in [-0.3, -0.25) is 0 Å². The third-order valence-electron chi connectivity index (χ3n) is 2.26. The summed E-state index contributed by atoms with van der Waals surface area (Å²) < 4.78 is 37.8. The van der Waals surface area contributed by atoms with Gasteiger partial charge in [0, 0.05) is 16.0 Å². The van der Waals surface area contributed by atoms with Crippen LogP contribution in [0.5, 0.6) is 0 Å². The van der Waals surface area contributed by atoms with Gasteiger partial charge in [-0.1, -0.05) is 35.2 Å². The van der Waals surface area contributed by atoms with Crippen molar-refractivity contribution in [2.75, 3.05) is 0 Å². The van der Waals surface area contributed by atoms with Gasteiger partial charge in [0.25, 0.3) is 0 Å². The molecular formula is C10H7Cl2F3O. The van der Waals surface area contributed by atoms with E-state index >= 15 is 0 Å². The Balaban J connectivity index is 3.11. The van der Waals surface area contributed by atoms with Gasteiger partial charge in [-0.15, -0.1) is 6.42 Å². The third-order valence-corrected chi connectivity index (χ3v) is 2.76. The van der Waals surface area contributed by atoms with E-state index in [1.807, 2.05) is 0 Å². The van der Waals surface area contributed by atoms with Gasteiger partial charge in [0.05, 0.1) is 0 Å². The first-order chi connectivity index (χ1) is 7.20. The van der Waals surface area contributed by atoms with E-state index in [0.717, 1.165) is 6.08 Å². The third kappa shape index (κ3) is 2.37. The number of hydrogen-bond donors (Lipinski definition) is 1. The smallest absolute Gasteiger partial charge is 0.369 e. The molecule has 0 amide bonds. The van der Waals surface area contributed by atoms with E-state index in [0.29, 0.717) is 0 Å². The lowest BCUT2D eigenvalue weighted by Gasteiger charge is -2.33. The molecule has 6 heteroatoms. The predicted molar refractivity (Wildman–Crippen MR) is 55.8 cm³/mol. The van der Waals surface area contributed by atoms with Crippen molar-refractivity contribution >= 4 is 23.2 Å². The lowest BCUT2D eigenvalue weighted by atomic mass is 9.82. The fourth-order valence-electron chi connectivity index (χ4n) is 1.39. The van der Waals surface area contributed by atoms with Crippen LogP contribution in [0.15, 0.2) is 22.2 Å². The Morgan fingerprint density at radius 2 is 2.00 bits per heavy atom. The van der Waals surface area contributed by atoms with Gasteiger partial charge in [-0.05, 0) is 12.5 Å². The second kappa shape index (κ2) is 4.33. The molecule has 0 aromatic heterocycles. The van der Waals surface area contributed by atoms with E-state index in [1.54, 1.807) is 0 Å². The first-order valence-corrected chi connectivity index (χ1v) is 4.96. The zero-order valence-electron chi connectivity index (χ0n) is 7.85. The largest absolute Gasteiger partial charge is 0.429 e. The Morgan fingerprint density at radius 3 is 2.38 bits per heavy atom. The van der Waals surface area contributed by atoms with Crippen LogP contribution in [-0.4, -0.2) is 16.9 Å². The maximum Gasteiger partial charge on any atom is 0.429 e. The summed E-state index contributed by atoms with van der Waals surface area (Å²) in [6, 6.07) is 0. The first-order valence-electron chi connectivity index (χ1n) is 4.21. The predicted octanol–water partition coefficient (Wildman–Crippen LogP) is 3.18. The van der Waals surface area contributed by atoms with Crippen LogP contribution >= 0.6 is 23.2 Å². The fraction of sp³-hybridized carbons (Fsp3) is 0.400. The van der Waals surface area contributed by atoms with Crippen molar-refractivity contribution < 1.29 is 18.3 Å². The summed E-state index contributed by atoms with van der Waals surface area (Å²) >= 11 is 11.2. The van der Waals surface area contributed by atoms with Gasteiger partial charge in [-0.25, -0.2) is 0 Å². The first kappa shape index (κ1) is 13.4. The van der Waals surface area contributed by atoms with Crippen molar-refractivity contribution in [1.82, 2.24) is 0 Å². The number of allylic oxidation sites excluding steroid dienone is 3. The van der Waals surface area contributed by atoms with Crippen LogP contribution in [0.1, 0.15) is 6.42 Å². The molecule has 1 nitrogen and oxygen atoms in total. The van der Waals surface area contributed by atoms with Crippen LogP contribution in [-0.2, 0) is 0 Å². The maximum atomic E-state index is 12.6. The highest BCUT2D eigenvalue weighted by atomic mass is 35.5. The molecule has 0 spiro atoms. The second-order valence-electron chi connectivity index (χ2n) is 3.36. The summed E-state index contributed by atoms with van der Waals surface area (Å²) in [6.07, 6.45) is 2.00. The van der Waals surface area contributed by atoms with Crippen molar-refractivity contribution in [2.45, 2.75) is 18.2 Å². The van der Waals surface area contributed by atoms with Gasteiger partial charge in [0.1, 0.15) is 0 Å². The molecule has 0 saturated carbocycles. The molecule has 0 saturated heterocycles. The van der Waals surface area contributed by atoms with E-state index in [1.165, 1.54) is 12.0 Å². The molecule has 0 aliphatic heterocycles. The van der Waals surface area contributed by atoms with E-state index in [-0.39, 0.29) is 16.5 Å². The molecule has 16 heavy (non-hydrogen) atoms. The van der Waals surface area contributed by atoms with Gasteiger partial charge in [-0.2, -0.15) is 13.2 Å². The van der Waals surface area contributed by atoms with Gasteiger partial charge >= 0.3 is 6.18 Å². The number of terminal acetylenes is 1. The Bertz CT molecular complexity index is 392. The quantitative estimate of drug-likeness (QED) is 0.726. The van der Waals surface area contributed by atoms with Gasteiger partial charge in [0.2, 0.25) is 5.60 Å². The summed E-state index contributed by atoms with van der Waals surface area (Å²) in [4.78, 5) is 0. The molecule has 1 aliphatic rings. The summed E-state index contributed by atoms with van der Waals surface area (Å²) in [5.74, 6) is -0.00201. The highest BCUT2D eigenvalue weighted by Gasteiger charge is 2.57. The van der Waals surface area contributed by atoms with Crippen molar-refractivity contribution in [3.63, 3.8) is 0 Å². The van der Waals surface area contributed by atoms with Crippen molar-refractivity contribution in [3.05, 3.63) is 22.2 Å². The molecule has 0 fully saturated rings. The second-order valence-corrected chi connectivity index (χ2v) is 4.28. The molecule has 0 bridgehead atoms. The minimum Gasteiger partial charge on any atom is -0.369 e. The van der Waals surface area contributed by atoms with Crippen LogP contribution in [0.3, 0.4) is 0 Å². The standard InChI is InChI=1S/C10H7Cl2F3O/c1-2-9(16,10(13,14)15)6-3-7(11)5-8(12)4-6/h1,3,5-6,16H,4H2/t6?,9-/m1/s1. The van der Waals surface area contributed by atoms with Crippen LogP contribution in [0.4, 0.5) is 13.2 Å². The van der Waals surface area contributed by atoms with E-state index < -0.39 is 17.7 Å². The van der Waals surface area contributed by atoms with Crippen molar-refractivity contribution in [3.8, 4) is 12.3 Å². The number of aliphatic hydroxyl groups is 1.